The van der Waals surface area contributed by atoms with E-state index < -0.39 is 0 Å². The number of aryl methyl sites for hydroxylation is 2. The van der Waals surface area contributed by atoms with E-state index in [1.807, 2.05) is 34.0 Å². The number of halogens is 1. The van der Waals surface area contributed by atoms with E-state index in [9.17, 15) is 4.79 Å². The van der Waals surface area contributed by atoms with Crippen LogP contribution < -0.4 is 5.32 Å². The van der Waals surface area contributed by atoms with Crippen LogP contribution >= 0.6 is 15.9 Å². The minimum Gasteiger partial charge on any atom is -0.350 e. The summed E-state index contributed by atoms with van der Waals surface area (Å²) in [7, 11) is 1.85. The average Bonchev–Trinajstić information content (AvgIpc) is 2.94. The Morgan fingerprint density at radius 2 is 2.20 bits per heavy atom. The molecule has 0 aromatic carbocycles. The number of amides is 1. The lowest BCUT2D eigenvalue weighted by atomic mass is 10.3. The number of hydrogen-bond donors (Lipinski definition) is 1. The van der Waals surface area contributed by atoms with Crippen LogP contribution in [0.4, 0.5) is 0 Å². The summed E-state index contributed by atoms with van der Waals surface area (Å²) < 4.78 is 4.39. The van der Waals surface area contributed by atoms with Gasteiger partial charge in [-0.05, 0) is 36.7 Å². The summed E-state index contributed by atoms with van der Waals surface area (Å²) >= 11 is 3.47. The maximum Gasteiger partial charge on any atom is 0.244 e. The summed E-state index contributed by atoms with van der Waals surface area (Å²) in [5, 5.41) is 11.3. The molecule has 7 heteroatoms. The Morgan fingerprint density at radius 3 is 2.70 bits per heavy atom. The molecule has 1 N–H and O–H groups in total. The van der Waals surface area contributed by atoms with Gasteiger partial charge in [-0.15, -0.1) is 0 Å². The molecule has 0 saturated carbocycles. The zero-order valence-corrected chi connectivity index (χ0v) is 13.6. The minimum absolute atomic E-state index is 0.0630. The van der Waals surface area contributed by atoms with Gasteiger partial charge in [-0.2, -0.15) is 10.2 Å². The Bertz CT molecular complexity index is 631. The third-order valence-corrected chi connectivity index (χ3v) is 4.36. The van der Waals surface area contributed by atoms with Crippen molar-refractivity contribution in [3.63, 3.8) is 0 Å². The van der Waals surface area contributed by atoms with Crippen molar-refractivity contribution in [2.75, 3.05) is 0 Å². The highest BCUT2D eigenvalue weighted by atomic mass is 79.9. The van der Waals surface area contributed by atoms with Crippen molar-refractivity contribution < 1.29 is 4.79 Å². The van der Waals surface area contributed by atoms with Gasteiger partial charge in [0.15, 0.2) is 0 Å². The van der Waals surface area contributed by atoms with Crippen LogP contribution in [0.1, 0.15) is 29.9 Å². The van der Waals surface area contributed by atoms with E-state index in [1.165, 1.54) is 0 Å². The molecule has 2 aromatic heterocycles. The molecule has 1 atom stereocenters. The van der Waals surface area contributed by atoms with E-state index >= 15 is 0 Å². The summed E-state index contributed by atoms with van der Waals surface area (Å²) in [5.41, 5.74) is 2.81. The third kappa shape index (κ3) is 2.92. The van der Waals surface area contributed by atoms with Crippen LogP contribution in [0.5, 0.6) is 0 Å². The fraction of sp³-hybridized carbons (Fsp3) is 0.462. The predicted molar refractivity (Wildman–Crippen MR) is 79.2 cm³/mol. The molecule has 0 bridgehead atoms. The van der Waals surface area contributed by atoms with E-state index in [-0.39, 0.29) is 11.9 Å². The van der Waals surface area contributed by atoms with Crippen molar-refractivity contribution >= 4 is 21.8 Å². The summed E-state index contributed by atoms with van der Waals surface area (Å²) in [6, 6.07) is -0.350. The lowest BCUT2D eigenvalue weighted by molar-refractivity contribution is -0.124. The van der Waals surface area contributed by atoms with Crippen LogP contribution in [0, 0.1) is 13.8 Å². The zero-order valence-electron chi connectivity index (χ0n) is 12.0. The van der Waals surface area contributed by atoms with Gasteiger partial charge in [-0.3, -0.25) is 14.2 Å². The lowest BCUT2D eigenvalue weighted by Gasteiger charge is -2.14. The van der Waals surface area contributed by atoms with E-state index in [4.69, 9.17) is 0 Å². The molecule has 2 aromatic rings. The van der Waals surface area contributed by atoms with E-state index in [0.717, 1.165) is 21.4 Å². The Morgan fingerprint density at radius 1 is 1.50 bits per heavy atom. The fourth-order valence-corrected chi connectivity index (χ4v) is 2.29. The fourth-order valence-electron chi connectivity index (χ4n) is 2.03. The van der Waals surface area contributed by atoms with E-state index in [2.05, 4.69) is 31.4 Å². The van der Waals surface area contributed by atoms with Crippen LogP contribution in [-0.4, -0.2) is 25.5 Å². The first kappa shape index (κ1) is 14.8. The van der Waals surface area contributed by atoms with Crippen molar-refractivity contribution in [1.29, 1.82) is 0 Å². The van der Waals surface area contributed by atoms with E-state index in [1.54, 1.807) is 15.6 Å². The van der Waals surface area contributed by atoms with Crippen LogP contribution in [0.3, 0.4) is 0 Å². The average molecular weight is 340 g/mol. The van der Waals surface area contributed by atoms with Gasteiger partial charge in [-0.1, -0.05) is 0 Å². The van der Waals surface area contributed by atoms with Gasteiger partial charge < -0.3 is 5.32 Å². The van der Waals surface area contributed by atoms with Gasteiger partial charge >= 0.3 is 0 Å². The topological polar surface area (TPSA) is 64.7 Å². The molecule has 1 unspecified atom stereocenters. The molecule has 2 heterocycles. The Balaban J connectivity index is 2.03. The molecule has 108 valence electrons. The van der Waals surface area contributed by atoms with Crippen LogP contribution in [-0.2, 0) is 18.4 Å². The number of carbonyl (C=O) groups is 1. The predicted octanol–water partition coefficient (Wildman–Crippen LogP) is 1.87. The molecule has 0 aliphatic rings. The monoisotopic (exact) mass is 339 g/mol. The Labute approximate surface area is 126 Å². The SMILES string of the molecule is Cc1nn(C(C)C(=O)NCc2cnn(C)c2)c(C)c1Br. The first-order valence-corrected chi connectivity index (χ1v) is 7.16. The van der Waals surface area contributed by atoms with Crippen LogP contribution in [0.15, 0.2) is 16.9 Å². The molecule has 0 aliphatic heterocycles. The van der Waals surface area contributed by atoms with Crippen LogP contribution in [0.25, 0.3) is 0 Å². The molecule has 0 aliphatic carbocycles. The second-order valence-corrected chi connectivity index (χ2v) is 5.64. The highest BCUT2D eigenvalue weighted by Crippen LogP contribution is 2.22. The van der Waals surface area contributed by atoms with Gasteiger partial charge in [0.1, 0.15) is 6.04 Å². The zero-order chi connectivity index (χ0) is 14.9. The molecule has 0 radical (unpaired) electrons. The van der Waals surface area contributed by atoms with Gasteiger partial charge in [0.25, 0.3) is 0 Å². The van der Waals surface area contributed by atoms with Gasteiger partial charge in [-0.25, -0.2) is 0 Å². The lowest BCUT2D eigenvalue weighted by Crippen LogP contribution is -2.31. The first-order chi connectivity index (χ1) is 9.40. The molecule has 0 spiro atoms. The molecular weight excluding hydrogens is 322 g/mol. The van der Waals surface area contributed by atoms with Crippen molar-refractivity contribution in [2.24, 2.45) is 7.05 Å². The Hall–Kier alpha value is -1.63. The molecule has 0 saturated heterocycles. The number of nitrogens with zero attached hydrogens (tertiary/aromatic N) is 4. The van der Waals surface area contributed by atoms with Gasteiger partial charge in [0.2, 0.25) is 5.91 Å². The van der Waals surface area contributed by atoms with Gasteiger partial charge in [0.05, 0.1) is 22.1 Å². The molecule has 2 rings (SSSR count). The summed E-state index contributed by atoms with van der Waals surface area (Å²) in [5.74, 6) is -0.0630. The second-order valence-electron chi connectivity index (χ2n) is 4.85. The normalized spacial score (nSPS) is 12.4. The van der Waals surface area contributed by atoms with Crippen LogP contribution in [0.2, 0.25) is 0 Å². The number of nitrogens with one attached hydrogen (secondary N) is 1. The summed E-state index contributed by atoms with van der Waals surface area (Å²) in [4.78, 5) is 12.2. The number of hydrogen-bond acceptors (Lipinski definition) is 3. The number of aromatic nitrogens is 4. The van der Waals surface area contributed by atoms with Gasteiger partial charge in [0, 0.05) is 25.4 Å². The van der Waals surface area contributed by atoms with E-state index in [0.29, 0.717) is 6.54 Å². The standard InChI is InChI=1S/C13H18BrN5O/c1-8-12(14)9(2)19(17-8)10(3)13(20)15-5-11-6-16-18(4)7-11/h6-7,10H,5H2,1-4H3,(H,15,20). The molecule has 0 fully saturated rings. The molecule has 20 heavy (non-hydrogen) atoms. The van der Waals surface area contributed by atoms with Crippen molar-refractivity contribution in [3.05, 3.63) is 33.8 Å². The Kier molecular flexibility index (Phi) is 4.27. The maximum atomic E-state index is 12.2. The summed E-state index contributed by atoms with van der Waals surface area (Å²) in [6.45, 7) is 6.16. The molecular formula is C13H18BrN5O. The number of rotatable bonds is 4. The maximum absolute atomic E-state index is 12.2. The first-order valence-electron chi connectivity index (χ1n) is 6.36. The minimum atomic E-state index is -0.350. The second kappa shape index (κ2) is 5.78. The molecule has 6 nitrogen and oxygen atoms in total. The highest BCUT2D eigenvalue weighted by Gasteiger charge is 2.20. The largest absolute Gasteiger partial charge is 0.350 e. The molecule has 1 amide bonds. The number of carbonyl (C=O) groups excluding carboxylic acids is 1. The highest BCUT2D eigenvalue weighted by molar-refractivity contribution is 9.10. The third-order valence-electron chi connectivity index (χ3n) is 3.21. The smallest absolute Gasteiger partial charge is 0.244 e. The summed E-state index contributed by atoms with van der Waals surface area (Å²) in [6.07, 6.45) is 3.62. The van der Waals surface area contributed by atoms with Crippen molar-refractivity contribution in [1.82, 2.24) is 24.9 Å². The van der Waals surface area contributed by atoms with Crippen molar-refractivity contribution in [2.45, 2.75) is 33.4 Å². The van der Waals surface area contributed by atoms with Crippen molar-refractivity contribution in [3.8, 4) is 0 Å². The quantitative estimate of drug-likeness (QED) is 0.924.